The van der Waals surface area contributed by atoms with Crippen LogP contribution >= 0.6 is 0 Å². The Bertz CT molecular complexity index is 999. The van der Waals surface area contributed by atoms with Gasteiger partial charge in [-0.15, -0.1) is 0 Å². The van der Waals surface area contributed by atoms with Crippen LogP contribution in [0, 0.1) is 45.3 Å². The van der Waals surface area contributed by atoms with Gasteiger partial charge in [-0.25, -0.2) is 0 Å². The largest absolute Gasteiger partial charge is 0.462 e. The van der Waals surface area contributed by atoms with Crippen LogP contribution in [0.15, 0.2) is 11.6 Å². The van der Waals surface area contributed by atoms with Crippen molar-refractivity contribution >= 4 is 5.97 Å². The van der Waals surface area contributed by atoms with E-state index < -0.39 is 6.29 Å². The smallest absolute Gasteiger partial charge is 0.302 e. The molecule has 0 radical (unpaired) electrons. The number of esters is 1. The van der Waals surface area contributed by atoms with Gasteiger partial charge < -0.3 is 19.3 Å². The van der Waals surface area contributed by atoms with E-state index in [9.17, 15) is 9.90 Å². The van der Waals surface area contributed by atoms with Crippen molar-refractivity contribution in [3.63, 3.8) is 0 Å². The van der Waals surface area contributed by atoms with E-state index >= 15 is 0 Å². The first-order chi connectivity index (χ1) is 17.1. The van der Waals surface area contributed by atoms with E-state index in [1.807, 2.05) is 0 Å². The van der Waals surface area contributed by atoms with Crippen LogP contribution in [0.2, 0.25) is 0 Å². The lowest BCUT2D eigenvalue weighted by atomic mass is 9.41. The van der Waals surface area contributed by atoms with Gasteiger partial charge in [0.05, 0.1) is 11.7 Å². The highest BCUT2D eigenvalue weighted by atomic mass is 16.7. The molecule has 0 spiro atoms. The molecule has 6 rings (SSSR count). The van der Waals surface area contributed by atoms with Crippen LogP contribution in [0.1, 0.15) is 107 Å². The average Bonchev–Trinajstić information content (AvgIpc) is 3.12. The number of allylic oxidation sites excluding steroid dienone is 2. The molecule has 5 nitrogen and oxygen atoms in total. The third-order valence-electron chi connectivity index (χ3n) is 13.2. The molecular formula is C32H50O5. The molecule has 0 aromatic heterocycles. The van der Waals surface area contributed by atoms with Gasteiger partial charge in [0.15, 0.2) is 6.29 Å². The Balaban J connectivity index is 1.27. The van der Waals surface area contributed by atoms with E-state index in [0.717, 1.165) is 25.7 Å². The molecule has 0 amide bonds. The van der Waals surface area contributed by atoms with Crippen molar-refractivity contribution in [1.82, 2.24) is 0 Å². The van der Waals surface area contributed by atoms with Gasteiger partial charge in [-0.3, -0.25) is 4.79 Å². The van der Waals surface area contributed by atoms with Crippen LogP contribution in [0.4, 0.5) is 0 Å². The molecule has 2 saturated heterocycles. The summed E-state index contributed by atoms with van der Waals surface area (Å²) in [4.78, 5) is 11.9. The van der Waals surface area contributed by atoms with Crippen LogP contribution in [-0.2, 0) is 19.0 Å². The Morgan fingerprint density at radius 1 is 1.03 bits per heavy atom. The van der Waals surface area contributed by atoms with Crippen molar-refractivity contribution in [2.45, 2.75) is 137 Å². The van der Waals surface area contributed by atoms with Crippen molar-refractivity contribution in [2.75, 3.05) is 0 Å². The molecule has 37 heavy (non-hydrogen) atoms. The van der Waals surface area contributed by atoms with Crippen LogP contribution in [-0.4, -0.2) is 41.3 Å². The van der Waals surface area contributed by atoms with E-state index in [2.05, 4.69) is 54.5 Å². The predicted octanol–water partition coefficient (Wildman–Crippen LogP) is 6.42. The average molecular weight is 515 g/mol. The summed E-state index contributed by atoms with van der Waals surface area (Å²) in [6.45, 7) is 18.1. The first-order valence-corrected chi connectivity index (χ1v) is 15.0. The Morgan fingerprint density at radius 3 is 2.38 bits per heavy atom. The number of rotatable bonds is 3. The van der Waals surface area contributed by atoms with Gasteiger partial charge in [-0.2, -0.15) is 0 Å². The summed E-state index contributed by atoms with van der Waals surface area (Å²) in [6.07, 6.45) is 11.0. The number of hydrogen-bond donors (Lipinski definition) is 1. The molecule has 1 N–H and O–H groups in total. The van der Waals surface area contributed by atoms with Crippen molar-refractivity contribution in [1.29, 1.82) is 0 Å². The van der Waals surface area contributed by atoms with Crippen molar-refractivity contribution in [3.8, 4) is 0 Å². The summed E-state index contributed by atoms with van der Waals surface area (Å²) >= 11 is 0. The highest BCUT2D eigenvalue weighted by Gasteiger charge is 2.67. The molecule has 0 unspecified atom stereocenters. The molecule has 2 heterocycles. The highest BCUT2D eigenvalue weighted by molar-refractivity contribution is 5.66. The summed E-state index contributed by atoms with van der Waals surface area (Å²) in [5, 5.41) is 11.1. The molecule has 0 bridgehead atoms. The molecule has 2 aliphatic heterocycles. The minimum atomic E-state index is -0.675. The summed E-state index contributed by atoms with van der Waals surface area (Å²) in [7, 11) is 0. The summed E-state index contributed by atoms with van der Waals surface area (Å²) < 4.78 is 17.9. The molecule has 3 saturated carbocycles. The van der Waals surface area contributed by atoms with Crippen LogP contribution < -0.4 is 0 Å². The predicted molar refractivity (Wildman–Crippen MR) is 142 cm³/mol. The number of hydrogen-bond acceptors (Lipinski definition) is 5. The lowest BCUT2D eigenvalue weighted by molar-refractivity contribution is -0.175. The monoisotopic (exact) mass is 514 g/mol. The fourth-order valence-corrected chi connectivity index (χ4v) is 10.9. The second-order valence-corrected chi connectivity index (χ2v) is 15.5. The minimum absolute atomic E-state index is 0.00977. The highest BCUT2D eigenvalue weighted by Crippen LogP contribution is 2.74. The van der Waals surface area contributed by atoms with Crippen molar-refractivity contribution in [3.05, 3.63) is 11.6 Å². The number of carbonyl (C=O) groups excluding carboxylic acids is 1. The lowest BCUT2D eigenvalue weighted by Crippen LogP contribution is -2.58. The third-order valence-corrected chi connectivity index (χ3v) is 13.2. The van der Waals surface area contributed by atoms with Gasteiger partial charge in [-0.1, -0.05) is 46.3 Å². The molecule has 0 aromatic carbocycles. The quantitative estimate of drug-likeness (QED) is 0.267. The molecule has 4 aliphatic carbocycles. The van der Waals surface area contributed by atoms with Crippen molar-refractivity contribution in [2.24, 2.45) is 45.3 Å². The number of ether oxygens (including phenoxy) is 3. The zero-order chi connectivity index (χ0) is 26.8. The zero-order valence-electron chi connectivity index (χ0n) is 24.4. The normalized spacial score (nSPS) is 53.5. The van der Waals surface area contributed by atoms with E-state index in [0.29, 0.717) is 17.8 Å². The van der Waals surface area contributed by atoms with Gasteiger partial charge in [0.25, 0.3) is 0 Å². The summed E-state index contributed by atoms with van der Waals surface area (Å²) in [5.41, 5.74) is 2.14. The first kappa shape index (κ1) is 26.3. The maximum atomic E-state index is 11.9. The second kappa shape index (κ2) is 8.07. The molecule has 0 aromatic rings. The Hall–Kier alpha value is -0.910. The van der Waals surface area contributed by atoms with Crippen molar-refractivity contribution < 1.29 is 24.1 Å². The molecular weight excluding hydrogens is 464 g/mol. The SMILES string of the molecule is CC(=O)O[C@@H]1CC[C@]2(C)[C@H]3CC[C@@]4(C)[C@H]([C@@H]5C[C@H]([C@@H]6OC6(C)C)O[C@H]5O)CC[C@]4(C)C3=CC[C@H]2C1(C)C. The van der Waals surface area contributed by atoms with E-state index in [1.165, 1.54) is 25.7 Å². The number of fused-ring (bicyclic) bond motifs is 5. The van der Waals surface area contributed by atoms with Gasteiger partial charge >= 0.3 is 5.97 Å². The van der Waals surface area contributed by atoms with E-state index in [4.69, 9.17) is 14.2 Å². The van der Waals surface area contributed by atoms with Gasteiger partial charge in [0.2, 0.25) is 0 Å². The van der Waals surface area contributed by atoms with Crippen LogP contribution in [0.5, 0.6) is 0 Å². The topological polar surface area (TPSA) is 68.3 Å². The molecule has 5 heteroatoms. The summed E-state index contributed by atoms with van der Waals surface area (Å²) in [6, 6.07) is 0. The third kappa shape index (κ3) is 3.55. The molecule has 208 valence electrons. The first-order valence-electron chi connectivity index (χ1n) is 15.0. The Morgan fingerprint density at radius 2 is 1.73 bits per heavy atom. The molecule has 11 atom stereocenters. The number of carbonyl (C=O) groups is 1. The number of epoxide rings is 1. The van der Waals surface area contributed by atoms with Gasteiger partial charge in [-0.05, 0) is 99.2 Å². The second-order valence-electron chi connectivity index (χ2n) is 15.5. The van der Waals surface area contributed by atoms with Crippen LogP contribution in [0.25, 0.3) is 0 Å². The Labute approximate surface area is 224 Å². The summed E-state index contributed by atoms with van der Waals surface area (Å²) in [5.74, 6) is 1.63. The van der Waals surface area contributed by atoms with Gasteiger partial charge in [0.1, 0.15) is 12.2 Å². The Kier molecular flexibility index (Phi) is 5.74. The maximum Gasteiger partial charge on any atom is 0.302 e. The number of aliphatic hydroxyl groups is 1. The van der Waals surface area contributed by atoms with E-state index in [-0.39, 0.29) is 57.5 Å². The fraction of sp³-hybridized carbons (Fsp3) is 0.906. The maximum absolute atomic E-state index is 11.9. The van der Waals surface area contributed by atoms with Crippen LogP contribution in [0.3, 0.4) is 0 Å². The van der Waals surface area contributed by atoms with Gasteiger partial charge in [0, 0.05) is 18.3 Å². The lowest BCUT2D eigenvalue weighted by Gasteiger charge is -2.64. The number of aliphatic hydroxyl groups excluding tert-OH is 1. The fourth-order valence-electron chi connectivity index (χ4n) is 10.9. The zero-order valence-corrected chi connectivity index (χ0v) is 24.4. The molecule has 6 aliphatic rings. The molecule has 5 fully saturated rings. The van der Waals surface area contributed by atoms with E-state index in [1.54, 1.807) is 12.5 Å². The standard InChI is InChI=1S/C32H50O5/c1-18(33)35-25-13-14-30(6)21-12-16-31(7)20(19-17-23(36-27(19)34)26-29(4,5)37-26)11-15-32(31,8)22(21)9-10-24(30)28(25,2)3/h9,19-21,23-27,34H,10-17H2,1-8H3/t19-,20-,21-,23+,24-,25+,26-,27+,30+,31-,32+/m0/s1. The minimum Gasteiger partial charge on any atom is -0.462 e.